The number of tetrazole rings is 1. The molecule has 144 valence electrons. The molecule has 1 aliphatic heterocycles. The topological polar surface area (TPSA) is 86.0 Å². The van der Waals surface area contributed by atoms with Crippen LogP contribution in [0.2, 0.25) is 0 Å². The van der Waals surface area contributed by atoms with Crippen molar-refractivity contribution in [2.75, 3.05) is 19.7 Å². The smallest absolute Gasteiger partial charge is 0.224 e. The van der Waals surface area contributed by atoms with E-state index in [4.69, 9.17) is 4.74 Å². The van der Waals surface area contributed by atoms with Crippen molar-refractivity contribution < 1.29 is 13.9 Å². The monoisotopic (exact) mass is 382 g/mol. The predicted octanol–water partition coefficient (Wildman–Crippen LogP) is 1.86. The number of ether oxygens (including phenoxy) is 1. The number of pyridine rings is 1. The highest BCUT2D eigenvalue weighted by molar-refractivity contribution is 5.76. The van der Waals surface area contributed by atoms with Crippen LogP contribution in [0.5, 0.6) is 0 Å². The molecule has 1 amide bonds. The van der Waals surface area contributed by atoms with Crippen LogP contribution in [0.3, 0.4) is 0 Å². The van der Waals surface area contributed by atoms with Gasteiger partial charge < -0.3 is 9.64 Å². The number of halogens is 1. The van der Waals surface area contributed by atoms with Crippen molar-refractivity contribution in [3.8, 4) is 11.3 Å². The highest BCUT2D eigenvalue weighted by Gasteiger charge is 2.26. The molecule has 1 saturated heterocycles. The molecule has 3 aromatic rings. The highest BCUT2D eigenvalue weighted by Crippen LogP contribution is 2.25. The second-order valence-electron chi connectivity index (χ2n) is 6.48. The number of rotatable bonds is 5. The number of aromatic nitrogens is 5. The largest absolute Gasteiger partial charge is 0.368 e. The molecule has 1 fully saturated rings. The van der Waals surface area contributed by atoms with Crippen LogP contribution in [0, 0.1) is 5.82 Å². The van der Waals surface area contributed by atoms with Gasteiger partial charge in [0, 0.05) is 18.5 Å². The van der Waals surface area contributed by atoms with E-state index in [1.165, 1.54) is 23.1 Å². The normalized spacial score (nSPS) is 16.9. The summed E-state index contributed by atoms with van der Waals surface area (Å²) in [4.78, 5) is 18.9. The quantitative estimate of drug-likeness (QED) is 0.670. The van der Waals surface area contributed by atoms with Crippen LogP contribution in [-0.2, 0) is 16.1 Å². The van der Waals surface area contributed by atoms with Gasteiger partial charge in [-0.3, -0.25) is 4.79 Å². The summed E-state index contributed by atoms with van der Waals surface area (Å²) in [5.74, 6) is -0.289. The first-order valence-electron chi connectivity index (χ1n) is 9.02. The zero-order chi connectivity index (χ0) is 19.3. The SMILES string of the molecule is O=C(CCn1cnnn1)N1CCO[C@H](c2cccc(-c3cccc(F)c3)n2)C1. The third-order valence-electron chi connectivity index (χ3n) is 4.59. The number of morpholine rings is 1. The predicted molar refractivity (Wildman–Crippen MR) is 97.3 cm³/mol. The molecule has 2 aromatic heterocycles. The van der Waals surface area contributed by atoms with Gasteiger partial charge in [-0.1, -0.05) is 18.2 Å². The lowest BCUT2D eigenvalue weighted by Gasteiger charge is -2.33. The van der Waals surface area contributed by atoms with Crippen LogP contribution in [0.4, 0.5) is 4.39 Å². The van der Waals surface area contributed by atoms with E-state index < -0.39 is 0 Å². The fourth-order valence-corrected chi connectivity index (χ4v) is 3.15. The zero-order valence-electron chi connectivity index (χ0n) is 15.1. The van der Waals surface area contributed by atoms with Crippen molar-refractivity contribution >= 4 is 5.91 Å². The first-order valence-corrected chi connectivity index (χ1v) is 9.02. The summed E-state index contributed by atoms with van der Waals surface area (Å²) in [6.45, 7) is 1.83. The molecular formula is C19H19FN6O2. The molecule has 0 aliphatic carbocycles. The third-order valence-corrected chi connectivity index (χ3v) is 4.59. The molecule has 0 saturated carbocycles. The number of hydrogen-bond acceptors (Lipinski definition) is 6. The van der Waals surface area contributed by atoms with E-state index in [0.29, 0.717) is 43.9 Å². The number of aryl methyl sites for hydroxylation is 1. The van der Waals surface area contributed by atoms with Crippen LogP contribution in [-0.4, -0.2) is 55.7 Å². The Hall–Kier alpha value is -3.20. The third kappa shape index (κ3) is 4.20. The van der Waals surface area contributed by atoms with Crippen molar-refractivity contribution in [3.63, 3.8) is 0 Å². The maximum absolute atomic E-state index is 13.5. The van der Waals surface area contributed by atoms with Crippen LogP contribution >= 0.6 is 0 Å². The van der Waals surface area contributed by atoms with Crippen LogP contribution in [0.25, 0.3) is 11.3 Å². The summed E-state index contributed by atoms with van der Waals surface area (Å²) in [5, 5.41) is 10.9. The lowest BCUT2D eigenvalue weighted by molar-refractivity contribution is -0.139. The number of benzene rings is 1. The second-order valence-corrected chi connectivity index (χ2v) is 6.48. The Bertz CT molecular complexity index is 949. The van der Waals surface area contributed by atoms with Crippen molar-refractivity contribution in [2.24, 2.45) is 0 Å². The van der Waals surface area contributed by atoms with E-state index in [1.807, 2.05) is 24.3 Å². The van der Waals surface area contributed by atoms with Crippen LogP contribution in [0.15, 0.2) is 48.8 Å². The summed E-state index contributed by atoms with van der Waals surface area (Å²) < 4.78 is 20.9. The zero-order valence-corrected chi connectivity index (χ0v) is 15.1. The first kappa shape index (κ1) is 18.2. The molecule has 0 bridgehead atoms. The van der Waals surface area contributed by atoms with Crippen molar-refractivity contribution in [3.05, 3.63) is 60.3 Å². The number of carbonyl (C=O) groups excluding carboxylic acids is 1. The average Bonchev–Trinajstić information content (AvgIpc) is 3.26. The number of carbonyl (C=O) groups is 1. The molecule has 1 atom stereocenters. The number of nitrogens with zero attached hydrogens (tertiary/aromatic N) is 6. The molecule has 0 spiro atoms. The van der Waals surface area contributed by atoms with E-state index in [-0.39, 0.29) is 17.8 Å². The minimum Gasteiger partial charge on any atom is -0.368 e. The van der Waals surface area contributed by atoms with E-state index in [2.05, 4.69) is 20.5 Å². The molecule has 4 rings (SSSR count). The van der Waals surface area contributed by atoms with Crippen LogP contribution in [0.1, 0.15) is 18.2 Å². The molecule has 1 aliphatic rings. The Balaban J connectivity index is 1.44. The van der Waals surface area contributed by atoms with Gasteiger partial charge in [-0.25, -0.2) is 14.1 Å². The second kappa shape index (κ2) is 8.22. The lowest BCUT2D eigenvalue weighted by atomic mass is 10.1. The van der Waals surface area contributed by atoms with Gasteiger partial charge in [0.25, 0.3) is 0 Å². The average molecular weight is 382 g/mol. The summed E-state index contributed by atoms with van der Waals surface area (Å²) in [6.07, 6.45) is 1.48. The molecule has 3 heterocycles. The Morgan fingerprint density at radius 1 is 1.25 bits per heavy atom. The van der Waals surface area contributed by atoms with Gasteiger partial charge in [0.05, 0.1) is 31.1 Å². The Labute approximate surface area is 160 Å². The van der Waals surface area contributed by atoms with E-state index in [1.54, 1.807) is 11.0 Å². The highest BCUT2D eigenvalue weighted by atomic mass is 19.1. The molecule has 8 nitrogen and oxygen atoms in total. The standard InChI is InChI=1S/C19H19FN6O2/c20-15-4-1-3-14(11-15)16-5-2-6-17(22-16)18-12-25(9-10-28-18)19(27)7-8-26-13-21-23-24-26/h1-6,11,13,18H,7-10,12H2/t18-/m0/s1. The molecular weight excluding hydrogens is 363 g/mol. The van der Waals surface area contributed by atoms with Gasteiger partial charge in [-0.2, -0.15) is 0 Å². The Kier molecular flexibility index (Phi) is 5.34. The number of amides is 1. The summed E-state index contributed by atoms with van der Waals surface area (Å²) >= 11 is 0. The van der Waals surface area contributed by atoms with Crippen molar-refractivity contribution in [1.29, 1.82) is 0 Å². The number of hydrogen-bond donors (Lipinski definition) is 0. The fourth-order valence-electron chi connectivity index (χ4n) is 3.15. The maximum atomic E-state index is 13.5. The minimum absolute atomic E-state index is 0.0186. The van der Waals surface area contributed by atoms with Crippen molar-refractivity contribution in [2.45, 2.75) is 19.1 Å². The Morgan fingerprint density at radius 2 is 2.14 bits per heavy atom. The van der Waals surface area contributed by atoms with E-state index in [9.17, 15) is 9.18 Å². The molecule has 28 heavy (non-hydrogen) atoms. The van der Waals surface area contributed by atoms with Gasteiger partial charge >= 0.3 is 0 Å². The summed E-state index contributed by atoms with van der Waals surface area (Å²) in [6, 6.07) is 11.9. The Morgan fingerprint density at radius 3 is 2.96 bits per heavy atom. The van der Waals surface area contributed by atoms with Gasteiger partial charge in [0.1, 0.15) is 18.2 Å². The van der Waals surface area contributed by atoms with Crippen LogP contribution < -0.4 is 0 Å². The van der Waals surface area contributed by atoms with E-state index in [0.717, 1.165) is 5.69 Å². The summed E-state index contributed by atoms with van der Waals surface area (Å²) in [7, 11) is 0. The van der Waals surface area contributed by atoms with Gasteiger partial charge in [0.2, 0.25) is 5.91 Å². The van der Waals surface area contributed by atoms with E-state index >= 15 is 0 Å². The van der Waals surface area contributed by atoms with Crippen molar-refractivity contribution in [1.82, 2.24) is 30.1 Å². The first-order chi connectivity index (χ1) is 13.7. The van der Waals surface area contributed by atoms with Gasteiger partial charge in [0.15, 0.2) is 0 Å². The fraction of sp³-hybridized carbons (Fsp3) is 0.316. The molecule has 1 aromatic carbocycles. The minimum atomic E-state index is -0.320. The van der Waals surface area contributed by atoms with Gasteiger partial charge in [-0.15, -0.1) is 5.10 Å². The molecule has 0 N–H and O–H groups in total. The molecule has 0 unspecified atom stereocenters. The lowest BCUT2D eigenvalue weighted by Crippen LogP contribution is -2.42. The summed E-state index contributed by atoms with van der Waals surface area (Å²) in [5.41, 5.74) is 2.09. The van der Waals surface area contributed by atoms with Gasteiger partial charge in [-0.05, 0) is 34.7 Å². The maximum Gasteiger partial charge on any atom is 0.224 e. The molecule has 9 heteroatoms. The molecule has 0 radical (unpaired) electrons.